The topological polar surface area (TPSA) is 208 Å². The number of ether oxygens (including phenoxy) is 2. The minimum absolute atomic E-state index is 0.0875. The number of nitrogens with zero attached hydrogens (tertiary/aromatic N) is 4. The molecule has 4 atom stereocenters. The van der Waals surface area contributed by atoms with E-state index in [9.17, 15) is 29.1 Å². The highest BCUT2D eigenvalue weighted by Crippen LogP contribution is 2.36. The van der Waals surface area contributed by atoms with Gasteiger partial charge in [0.2, 0.25) is 17.6 Å². The molecular formula is C33H53N7O8. The lowest BCUT2D eigenvalue weighted by Crippen LogP contribution is -2.64. The van der Waals surface area contributed by atoms with Gasteiger partial charge in [-0.2, -0.15) is 0 Å². The van der Waals surface area contributed by atoms with Gasteiger partial charge in [0.15, 0.2) is 0 Å². The van der Waals surface area contributed by atoms with Gasteiger partial charge in [0.25, 0.3) is 5.91 Å². The molecule has 0 aromatic carbocycles. The van der Waals surface area contributed by atoms with Crippen LogP contribution in [0.3, 0.4) is 0 Å². The number of rotatable bonds is 11. The number of amides is 4. The Bertz CT molecular complexity index is 1340. The second-order valence-corrected chi connectivity index (χ2v) is 15.1. The Morgan fingerprint density at radius 3 is 2.23 bits per heavy atom. The van der Waals surface area contributed by atoms with Gasteiger partial charge in [0.1, 0.15) is 41.0 Å². The average Bonchev–Trinajstić information content (AvgIpc) is 3.65. The number of alkyl carbamates (subject to hydrolysis) is 1. The molecule has 1 aromatic heterocycles. The molecule has 2 saturated carbocycles. The van der Waals surface area contributed by atoms with Crippen molar-refractivity contribution in [2.24, 2.45) is 11.7 Å². The van der Waals surface area contributed by atoms with Crippen molar-refractivity contribution in [2.45, 2.75) is 146 Å². The fourth-order valence-corrected chi connectivity index (χ4v) is 7.49. The van der Waals surface area contributed by atoms with Crippen LogP contribution in [0.1, 0.15) is 117 Å². The number of Topliss-reactive ketones (excluding diaryl/α,β-unsaturated/α-hetero) is 1. The summed E-state index contributed by atoms with van der Waals surface area (Å²) in [6, 6.07) is -3.13. The van der Waals surface area contributed by atoms with Crippen LogP contribution in [-0.2, 0) is 34.3 Å². The quantitative estimate of drug-likeness (QED) is 0.251. The molecule has 0 bridgehead atoms. The van der Waals surface area contributed by atoms with E-state index >= 15 is 0 Å². The highest BCUT2D eigenvalue weighted by molar-refractivity contribution is 6.39. The van der Waals surface area contributed by atoms with Gasteiger partial charge in [-0.05, 0) is 59.8 Å². The van der Waals surface area contributed by atoms with Crippen LogP contribution in [0.15, 0.2) is 6.20 Å². The summed E-state index contributed by atoms with van der Waals surface area (Å²) in [5.41, 5.74) is 2.07. The summed E-state index contributed by atoms with van der Waals surface area (Å²) in [7, 11) is 1.40. The standard InChI is InChI=1S/C33H53N7O8/c1-31(2,3)48-30(45)36-21(17-20-13-9-7-10-14-20)29(44)39-19-22(40-23(18-35-38-40)32(4,5)46)25(47-6)24(39)28(43)37-33(26(41)27(34)42)15-11-8-12-16-33/h18,20-22,24-25,46H,7-17,19H2,1-6H3,(H2,34,42)(H,36,45)(H,37,43)/t21-,22-,24+,25+/m1/s1. The number of aromatic nitrogens is 3. The van der Waals surface area contributed by atoms with Crippen LogP contribution < -0.4 is 16.4 Å². The third-order valence-corrected chi connectivity index (χ3v) is 9.76. The molecule has 4 rings (SSSR count). The number of carbonyl (C=O) groups is 5. The van der Waals surface area contributed by atoms with Crippen LogP contribution in [0.5, 0.6) is 0 Å². The molecular weight excluding hydrogens is 622 g/mol. The number of ketones is 1. The Morgan fingerprint density at radius 2 is 1.67 bits per heavy atom. The summed E-state index contributed by atoms with van der Waals surface area (Å²) in [6.45, 7) is 8.23. The van der Waals surface area contributed by atoms with Crippen LogP contribution in [0.2, 0.25) is 0 Å². The van der Waals surface area contributed by atoms with Crippen molar-refractivity contribution in [3.8, 4) is 0 Å². The number of hydrogen-bond acceptors (Lipinski definition) is 10. The van der Waals surface area contributed by atoms with Gasteiger partial charge in [-0.15, -0.1) is 5.10 Å². The van der Waals surface area contributed by atoms with E-state index < -0.39 is 70.6 Å². The van der Waals surface area contributed by atoms with E-state index in [1.165, 1.54) is 22.9 Å². The number of hydrogen-bond donors (Lipinski definition) is 4. The first kappa shape index (κ1) is 37.2. The lowest BCUT2D eigenvalue weighted by atomic mass is 9.78. The van der Waals surface area contributed by atoms with E-state index in [-0.39, 0.29) is 25.3 Å². The van der Waals surface area contributed by atoms with E-state index in [4.69, 9.17) is 15.2 Å². The van der Waals surface area contributed by atoms with E-state index in [0.717, 1.165) is 38.5 Å². The van der Waals surface area contributed by atoms with Crippen LogP contribution in [0.4, 0.5) is 4.79 Å². The van der Waals surface area contributed by atoms with Crippen molar-refractivity contribution < 1.29 is 38.6 Å². The Kier molecular flexibility index (Phi) is 11.6. The van der Waals surface area contributed by atoms with Crippen LogP contribution in [0.25, 0.3) is 0 Å². The number of nitrogens with two attached hydrogens (primary N) is 1. The predicted molar refractivity (Wildman–Crippen MR) is 173 cm³/mol. The van der Waals surface area contributed by atoms with Crippen molar-refractivity contribution in [3.05, 3.63) is 11.9 Å². The summed E-state index contributed by atoms with van der Waals surface area (Å²) in [4.78, 5) is 68.9. The highest BCUT2D eigenvalue weighted by Gasteiger charge is 2.54. The Balaban J connectivity index is 1.76. The van der Waals surface area contributed by atoms with Gasteiger partial charge < -0.3 is 35.8 Å². The molecule has 0 spiro atoms. The van der Waals surface area contributed by atoms with Crippen molar-refractivity contribution in [1.82, 2.24) is 30.5 Å². The molecule has 15 nitrogen and oxygen atoms in total. The van der Waals surface area contributed by atoms with Crippen molar-refractivity contribution in [1.29, 1.82) is 0 Å². The maximum atomic E-state index is 14.7. The highest BCUT2D eigenvalue weighted by atomic mass is 16.6. The predicted octanol–water partition coefficient (Wildman–Crippen LogP) is 2.01. The molecule has 15 heteroatoms. The first-order valence-corrected chi connectivity index (χ1v) is 17.1. The van der Waals surface area contributed by atoms with Crippen molar-refractivity contribution in [2.75, 3.05) is 13.7 Å². The van der Waals surface area contributed by atoms with Crippen molar-refractivity contribution in [3.63, 3.8) is 0 Å². The second-order valence-electron chi connectivity index (χ2n) is 15.1. The fourth-order valence-electron chi connectivity index (χ4n) is 7.49. The number of likely N-dealkylation sites (tertiary alicyclic amines) is 1. The molecule has 2 heterocycles. The summed E-state index contributed by atoms with van der Waals surface area (Å²) in [5, 5.41) is 24.7. The third kappa shape index (κ3) is 8.52. The van der Waals surface area contributed by atoms with Crippen LogP contribution >= 0.6 is 0 Å². The summed E-state index contributed by atoms with van der Waals surface area (Å²) < 4.78 is 12.9. The molecule has 5 N–H and O–H groups in total. The minimum Gasteiger partial charge on any atom is -0.444 e. The zero-order valence-corrected chi connectivity index (χ0v) is 29.1. The zero-order chi connectivity index (χ0) is 35.4. The first-order chi connectivity index (χ1) is 22.5. The SMILES string of the molecule is CO[C@@H]1[C@@H](C(=O)NC2(C(=O)C(N)=O)CCCCC2)N(C(=O)[C@@H](CC2CCCCC2)NC(=O)OC(C)(C)C)C[C@H]1n1nncc1C(C)(C)O. The molecule has 1 aromatic rings. The van der Waals surface area contributed by atoms with E-state index in [0.29, 0.717) is 25.0 Å². The smallest absolute Gasteiger partial charge is 0.408 e. The van der Waals surface area contributed by atoms with E-state index in [1.54, 1.807) is 34.6 Å². The Labute approximate surface area is 282 Å². The number of aliphatic hydroxyl groups is 1. The van der Waals surface area contributed by atoms with Crippen LogP contribution in [0, 0.1) is 5.92 Å². The summed E-state index contributed by atoms with van der Waals surface area (Å²) >= 11 is 0. The lowest BCUT2D eigenvalue weighted by Gasteiger charge is -2.38. The Hall–Kier alpha value is -3.59. The fraction of sp³-hybridized carbons (Fsp3) is 0.788. The second kappa shape index (κ2) is 14.9. The maximum Gasteiger partial charge on any atom is 0.408 e. The monoisotopic (exact) mass is 675 g/mol. The summed E-state index contributed by atoms with van der Waals surface area (Å²) in [6.07, 6.45) is 7.38. The molecule has 2 aliphatic carbocycles. The molecule has 48 heavy (non-hydrogen) atoms. The average molecular weight is 676 g/mol. The molecule has 3 fully saturated rings. The molecule has 0 radical (unpaired) electrons. The molecule has 3 aliphatic rings. The molecule has 268 valence electrons. The summed E-state index contributed by atoms with van der Waals surface area (Å²) in [5.74, 6) is -3.10. The van der Waals surface area contributed by atoms with Crippen LogP contribution in [-0.4, -0.2) is 97.6 Å². The zero-order valence-electron chi connectivity index (χ0n) is 29.1. The Morgan fingerprint density at radius 1 is 1.04 bits per heavy atom. The van der Waals surface area contributed by atoms with E-state index in [2.05, 4.69) is 20.9 Å². The van der Waals surface area contributed by atoms with Gasteiger partial charge in [0.05, 0.1) is 11.9 Å². The molecule has 1 aliphatic heterocycles. The number of primary amides is 1. The normalized spacial score (nSPS) is 24.1. The lowest BCUT2D eigenvalue weighted by molar-refractivity contribution is -0.147. The molecule has 0 unspecified atom stereocenters. The van der Waals surface area contributed by atoms with Gasteiger partial charge in [-0.1, -0.05) is 56.6 Å². The first-order valence-electron chi connectivity index (χ1n) is 17.1. The number of carbonyl (C=O) groups excluding carboxylic acids is 5. The largest absolute Gasteiger partial charge is 0.444 e. The van der Waals surface area contributed by atoms with E-state index in [1.807, 2.05) is 0 Å². The third-order valence-electron chi connectivity index (χ3n) is 9.76. The number of nitrogens with one attached hydrogen (secondary N) is 2. The van der Waals surface area contributed by atoms with Gasteiger partial charge in [-0.25, -0.2) is 9.48 Å². The van der Waals surface area contributed by atoms with Crippen molar-refractivity contribution >= 4 is 29.6 Å². The molecule has 1 saturated heterocycles. The van der Waals surface area contributed by atoms with Gasteiger partial charge >= 0.3 is 6.09 Å². The minimum atomic E-state index is -1.52. The van der Waals surface area contributed by atoms with Gasteiger partial charge in [0, 0.05) is 13.7 Å². The molecule has 4 amide bonds. The maximum absolute atomic E-state index is 14.7. The number of methoxy groups -OCH3 is 1. The van der Waals surface area contributed by atoms with Gasteiger partial charge in [-0.3, -0.25) is 19.2 Å².